The van der Waals surface area contributed by atoms with Crippen LogP contribution in [0.1, 0.15) is 5.82 Å². The molecule has 1 aromatic heterocycles. The molecule has 0 radical (unpaired) electrons. The molecule has 0 aliphatic carbocycles. The molecular weight excluding hydrogens is 277 g/mol. The minimum absolute atomic E-state index is 0.894. The molecule has 4 nitrogen and oxygen atoms in total. The van der Waals surface area contributed by atoms with E-state index in [1.807, 2.05) is 6.92 Å². The molecule has 0 saturated heterocycles. The molecule has 0 aromatic carbocycles. The van der Waals surface area contributed by atoms with Crippen LogP contribution in [0.3, 0.4) is 0 Å². The van der Waals surface area contributed by atoms with Gasteiger partial charge in [-0.05, 0) is 9.46 Å². The summed E-state index contributed by atoms with van der Waals surface area (Å²) in [5, 5.41) is 0. The maximum atomic E-state index is 9.87. The molecule has 11 heteroatoms. The standard InChI is InChI=1S/C6H11N2O2.F6P/c1-6-7(9-2)4-5-8(6)10-3;1-7(2,3,4,5)6/h4-5H,1-3H3;/q+1;-1. The van der Waals surface area contributed by atoms with Crippen LogP contribution < -0.4 is 14.4 Å². The number of aromatic nitrogens is 2. The van der Waals surface area contributed by atoms with Crippen LogP contribution in [0.5, 0.6) is 0 Å². The van der Waals surface area contributed by atoms with Crippen molar-refractivity contribution in [2.45, 2.75) is 6.92 Å². The van der Waals surface area contributed by atoms with Crippen molar-refractivity contribution in [3.8, 4) is 0 Å². The van der Waals surface area contributed by atoms with Gasteiger partial charge in [0.2, 0.25) is 0 Å². The first-order valence-electron chi connectivity index (χ1n) is 3.99. The summed E-state index contributed by atoms with van der Waals surface area (Å²) < 4.78 is 62.4. The number of hydrogen-bond donors (Lipinski definition) is 0. The Morgan fingerprint density at radius 3 is 1.71 bits per heavy atom. The van der Waals surface area contributed by atoms with Gasteiger partial charge in [0.1, 0.15) is 14.2 Å². The van der Waals surface area contributed by atoms with E-state index in [1.165, 1.54) is 0 Å². The third-order valence-corrected chi connectivity index (χ3v) is 1.37. The predicted molar refractivity (Wildman–Crippen MR) is 47.9 cm³/mol. The Morgan fingerprint density at radius 1 is 1.12 bits per heavy atom. The minimum atomic E-state index is -10.7. The molecule has 0 aliphatic rings. The van der Waals surface area contributed by atoms with E-state index < -0.39 is 7.81 Å². The average Bonchev–Trinajstić information content (AvgIpc) is 2.40. The van der Waals surface area contributed by atoms with Crippen LogP contribution in [-0.4, -0.2) is 19.0 Å². The van der Waals surface area contributed by atoms with Crippen LogP contribution in [0, 0.1) is 6.92 Å². The summed E-state index contributed by atoms with van der Waals surface area (Å²) in [7, 11) is -7.45. The molecule has 1 rings (SSSR count). The fourth-order valence-electron chi connectivity index (χ4n) is 0.820. The zero-order valence-electron chi connectivity index (χ0n) is 9.08. The maximum absolute atomic E-state index is 10.7. The Morgan fingerprint density at radius 2 is 1.53 bits per heavy atom. The van der Waals surface area contributed by atoms with Crippen molar-refractivity contribution < 1.29 is 39.6 Å². The van der Waals surface area contributed by atoms with Gasteiger partial charge in [-0.2, -0.15) is 0 Å². The molecule has 17 heavy (non-hydrogen) atoms. The van der Waals surface area contributed by atoms with Crippen molar-refractivity contribution in [1.29, 1.82) is 0 Å². The van der Waals surface area contributed by atoms with E-state index in [2.05, 4.69) is 0 Å². The summed E-state index contributed by atoms with van der Waals surface area (Å²) in [5.41, 5.74) is 0. The zero-order valence-corrected chi connectivity index (χ0v) is 9.98. The molecule has 1 aromatic rings. The second kappa shape index (κ2) is 3.94. The summed E-state index contributed by atoms with van der Waals surface area (Å²) in [5.74, 6) is 0.894. The summed E-state index contributed by atoms with van der Waals surface area (Å²) in [4.78, 5) is 9.89. The van der Waals surface area contributed by atoms with Gasteiger partial charge in [0.05, 0.1) is 0 Å². The molecule has 0 unspecified atom stereocenters. The molecule has 0 aliphatic heterocycles. The van der Waals surface area contributed by atoms with Gasteiger partial charge >= 0.3 is 38.8 Å². The van der Waals surface area contributed by atoms with Gasteiger partial charge < -0.3 is 9.68 Å². The van der Waals surface area contributed by atoms with Crippen molar-refractivity contribution in [2.24, 2.45) is 0 Å². The van der Waals surface area contributed by atoms with Crippen LogP contribution in [0.25, 0.3) is 0 Å². The number of hydrogen-bond acceptors (Lipinski definition) is 2. The summed E-state index contributed by atoms with van der Waals surface area (Å²) >= 11 is 0. The Labute approximate surface area is 92.5 Å². The molecule has 0 N–H and O–H groups in total. The first kappa shape index (κ1) is 15.8. The van der Waals surface area contributed by atoms with Gasteiger partial charge in [-0.3, -0.25) is 0 Å². The van der Waals surface area contributed by atoms with Gasteiger partial charge in [-0.25, -0.2) is 0 Å². The van der Waals surface area contributed by atoms with E-state index in [0.29, 0.717) is 0 Å². The number of imidazole rings is 1. The molecule has 1 heterocycles. The van der Waals surface area contributed by atoms with Crippen LogP contribution in [0.15, 0.2) is 12.4 Å². The van der Waals surface area contributed by atoms with Crippen molar-refractivity contribution in [1.82, 2.24) is 4.73 Å². The summed E-state index contributed by atoms with van der Waals surface area (Å²) in [6.07, 6.45) is 3.55. The second-order valence-corrected chi connectivity index (χ2v) is 4.74. The summed E-state index contributed by atoms with van der Waals surface area (Å²) in [6.45, 7) is 1.90. The third-order valence-electron chi connectivity index (χ3n) is 1.37. The van der Waals surface area contributed by atoms with Crippen LogP contribution in [0.2, 0.25) is 0 Å². The molecule has 0 atom stereocenters. The monoisotopic (exact) mass is 288 g/mol. The zero-order chi connectivity index (χ0) is 14.0. The van der Waals surface area contributed by atoms with Crippen molar-refractivity contribution in [3.63, 3.8) is 0 Å². The molecule has 104 valence electrons. The second-order valence-electron chi connectivity index (χ2n) is 2.82. The van der Waals surface area contributed by atoms with Crippen molar-refractivity contribution >= 4 is 7.81 Å². The number of rotatable bonds is 2. The molecule has 0 amide bonds. The van der Waals surface area contributed by atoms with Gasteiger partial charge in [0, 0.05) is 6.92 Å². The molecule has 0 fully saturated rings. The fraction of sp³-hybridized carbons (Fsp3) is 0.500. The third kappa shape index (κ3) is 9.73. The Balaban J connectivity index is 0.000000325. The van der Waals surface area contributed by atoms with E-state index in [-0.39, 0.29) is 0 Å². The topological polar surface area (TPSA) is 27.3 Å². The quantitative estimate of drug-likeness (QED) is 0.475. The first-order chi connectivity index (χ1) is 7.24. The number of nitrogens with zero attached hydrogens (tertiary/aromatic N) is 2. The Kier molecular flexibility index (Phi) is 3.66. The van der Waals surface area contributed by atoms with Gasteiger partial charge in [-0.15, -0.1) is 0 Å². The van der Waals surface area contributed by atoms with Gasteiger partial charge in [-0.1, -0.05) is 0 Å². The van der Waals surface area contributed by atoms with Crippen LogP contribution >= 0.6 is 7.81 Å². The molecule has 0 bridgehead atoms. The predicted octanol–water partition coefficient (Wildman–Crippen LogP) is 2.58. The van der Waals surface area contributed by atoms with Gasteiger partial charge in [0.25, 0.3) is 0 Å². The molecular formula is C6H11F6N2O2P. The molecule has 0 spiro atoms. The molecule has 0 saturated carbocycles. The first-order valence-corrected chi connectivity index (χ1v) is 6.02. The van der Waals surface area contributed by atoms with Crippen molar-refractivity contribution in [3.05, 3.63) is 18.2 Å². The fourth-order valence-corrected chi connectivity index (χ4v) is 0.820. The van der Waals surface area contributed by atoms with E-state index >= 15 is 0 Å². The van der Waals surface area contributed by atoms with E-state index in [1.54, 1.807) is 36.1 Å². The van der Waals surface area contributed by atoms with E-state index in [4.69, 9.17) is 9.68 Å². The van der Waals surface area contributed by atoms with E-state index in [0.717, 1.165) is 5.82 Å². The van der Waals surface area contributed by atoms with Crippen LogP contribution in [0.4, 0.5) is 25.2 Å². The van der Waals surface area contributed by atoms with Gasteiger partial charge in [0.15, 0.2) is 12.4 Å². The SMILES string of the molecule is COn1cc[n+](OC)c1C.F[P-](F)(F)(F)(F)F. The van der Waals surface area contributed by atoms with Crippen molar-refractivity contribution in [2.75, 3.05) is 14.2 Å². The number of halogens is 6. The Hall–Kier alpha value is -1.18. The average molecular weight is 288 g/mol. The Bertz CT molecular complexity index is 353. The normalized spacial score (nSPS) is 15.1. The van der Waals surface area contributed by atoms with E-state index in [9.17, 15) is 25.2 Å². The van der Waals surface area contributed by atoms with Crippen LogP contribution in [-0.2, 0) is 0 Å². The summed E-state index contributed by atoms with van der Waals surface area (Å²) in [6, 6.07) is 0.